The van der Waals surface area contributed by atoms with Crippen LogP contribution in [0.4, 0.5) is 20.3 Å². The normalized spacial score (nSPS) is 11.5. The molecule has 0 saturated carbocycles. The average molecular weight is 286 g/mol. The van der Waals surface area contributed by atoms with Crippen LogP contribution < -0.4 is 5.32 Å². The van der Waals surface area contributed by atoms with Gasteiger partial charge >= 0.3 is 0 Å². The Hall–Kier alpha value is -2.89. The summed E-state index contributed by atoms with van der Waals surface area (Å²) in [6.45, 7) is 6.35. The van der Waals surface area contributed by atoms with Crippen LogP contribution in [0.3, 0.4) is 0 Å². The standard InChI is InChI=1S/C15H12F2N4/c1-3-12(17)14(10(2)16)15-19-9-6-13(21-15)20-11-4-7-18-8-5-11/h3-9H,1-2H2,(H,18,19,20,21)/b14-12-. The maximum atomic E-state index is 13.6. The van der Waals surface area contributed by atoms with E-state index in [0.717, 1.165) is 11.8 Å². The van der Waals surface area contributed by atoms with E-state index in [1.807, 2.05) is 0 Å². The van der Waals surface area contributed by atoms with Crippen molar-refractivity contribution in [3.05, 3.63) is 73.5 Å². The van der Waals surface area contributed by atoms with Crippen molar-refractivity contribution in [2.75, 3.05) is 5.32 Å². The maximum absolute atomic E-state index is 13.6. The van der Waals surface area contributed by atoms with Crippen LogP contribution in [0.25, 0.3) is 5.57 Å². The van der Waals surface area contributed by atoms with Gasteiger partial charge in [0.25, 0.3) is 0 Å². The van der Waals surface area contributed by atoms with Crippen LogP contribution in [0.2, 0.25) is 0 Å². The number of pyridine rings is 1. The molecule has 0 amide bonds. The molecule has 0 saturated heterocycles. The van der Waals surface area contributed by atoms with Gasteiger partial charge in [-0.3, -0.25) is 4.98 Å². The molecule has 0 bridgehead atoms. The van der Waals surface area contributed by atoms with Gasteiger partial charge in [0, 0.05) is 24.3 Å². The summed E-state index contributed by atoms with van der Waals surface area (Å²) in [6.07, 6.45) is 5.49. The largest absolute Gasteiger partial charge is 0.340 e. The Labute approximate surface area is 120 Å². The van der Waals surface area contributed by atoms with Crippen LogP contribution in [0.15, 0.2) is 67.7 Å². The summed E-state index contributed by atoms with van der Waals surface area (Å²) in [5.74, 6) is -1.56. The zero-order valence-corrected chi connectivity index (χ0v) is 11.1. The summed E-state index contributed by atoms with van der Waals surface area (Å²) in [5, 5.41) is 2.98. The first kappa shape index (κ1) is 14.5. The number of nitrogens with one attached hydrogen (secondary N) is 1. The quantitative estimate of drug-likeness (QED) is 0.845. The first-order chi connectivity index (χ1) is 10.1. The average Bonchev–Trinajstić information content (AvgIpc) is 2.48. The van der Waals surface area contributed by atoms with Crippen LogP contribution in [0, 0.1) is 0 Å². The van der Waals surface area contributed by atoms with E-state index >= 15 is 0 Å². The van der Waals surface area contributed by atoms with E-state index in [4.69, 9.17) is 0 Å². The van der Waals surface area contributed by atoms with Crippen LogP contribution in [0.1, 0.15) is 5.82 Å². The van der Waals surface area contributed by atoms with E-state index in [2.05, 4.69) is 33.4 Å². The third kappa shape index (κ3) is 3.56. The lowest BCUT2D eigenvalue weighted by atomic mass is 10.2. The number of halogens is 2. The predicted molar refractivity (Wildman–Crippen MR) is 78.0 cm³/mol. The first-order valence-electron chi connectivity index (χ1n) is 5.99. The van der Waals surface area contributed by atoms with Gasteiger partial charge < -0.3 is 5.32 Å². The Bertz CT molecular complexity index is 696. The van der Waals surface area contributed by atoms with E-state index in [1.165, 1.54) is 6.20 Å². The lowest BCUT2D eigenvalue weighted by molar-refractivity contribution is 0.640. The highest BCUT2D eigenvalue weighted by Gasteiger charge is 2.15. The van der Waals surface area contributed by atoms with Crippen molar-refractivity contribution < 1.29 is 8.78 Å². The molecule has 21 heavy (non-hydrogen) atoms. The van der Waals surface area contributed by atoms with Crippen LogP contribution >= 0.6 is 0 Å². The lowest BCUT2D eigenvalue weighted by Crippen LogP contribution is -2.00. The Balaban J connectivity index is 2.37. The molecule has 2 heterocycles. The highest BCUT2D eigenvalue weighted by molar-refractivity contribution is 5.76. The van der Waals surface area contributed by atoms with E-state index < -0.39 is 17.2 Å². The van der Waals surface area contributed by atoms with Crippen molar-refractivity contribution >= 4 is 17.1 Å². The molecule has 0 spiro atoms. The first-order valence-corrected chi connectivity index (χ1v) is 5.99. The molecular formula is C15H12F2N4. The smallest absolute Gasteiger partial charge is 0.167 e. The van der Waals surface area contributed by atoms with Crippen molar-refractivity contribution in [3.8, 4) is 0 Å². The summed E-state index contributed by atoms with van der Waals surface area (Å²) in [4.78, 5) is 11.8. The molecule has 106 valence electrons. The molecular weight excluding hydrogens is 274 g/mol. The number of hydrogen-bond donors (Lipinski definition) is 1. The molecule has 0 atom stereocenters. The molecule has 0 aliphatic carbocycles. The fraction of sp³-hybridized carbons (Fsp3) is 0. The molecule has 2 aromatic rings. The van der Waals surface area contributed by atoms with Gasteiger partial charge in [-0.1, -0.05) is 13.2 Å². The topological polar surface area (TPSA) is 50.7 Å². The summed E-state index contributed by atoms with van der Waals surface area (Å²) >= 11 is 0. The molecule has 1 N–H and O–H groups in total. The number of rotatable bonds is 5. The number of hydrogen-bond acceptors (Lipinski definition) is 4. The van der Waals surface area contributed by atoms with Gasteiger partial charge in [-0.25, -0.2) is 18.7 Å². The fourth-order valence-corrected chi connectivity index (χ4v) is 1.59. The molecule has 0 aliphatic heterocycles. The Morgan fingerprint density at radius 1 is 1.14 bits per heavy atom. The number of anilines is 2. The van der Waals surface area contributed by atoms with E-state index in [1.54, 1.807) is 30.6 Å². The predicted octanol–water partition coefficient (Wildman–Crippen LogP) is 3.97. The van der Waals surface area contributed by atoms with Crippen LogP contribution in [-0.4, -0.2) is 15.0 Å². The second-order valence-electron chi connectivity index (χ2n) is 3.96. The zero-order valence-electron chi connectivity index (χ0n) is 11.1. The fourth-order valence-electron chi connectivity index (χ4n) is 1.59. The van der Waals surface area contributed by atoms with Crippen molar-refractivity contribution in [1.29, 1.82) is 0 Å². The highest BCUT2D eigenvalue weighted by atomic mass is 19.1. The summed E-state index contributed by atoms with van der Waals surface area (Å²) in [6, 6.07) is 5.04. The second kappa shape index (κ2) is 6.51. The van der Waals surface area contributed by atoms with Gasteiger partial charge in [0.1, 0.15) is 17.5 Å². The Morgan fingerprint density at radius 3 is 2.48 bits per heavy atom. The van der Waals surface area contributed by atoms with Gasteiger partial charge in [-0.15, -0.1) is 0 Å². The van der Waals surface area contributed by atoms with Crippen molar-refractivity contribution in [3.63, 3.8) is 0 Å². The molecule has 4 nitrogen and oxygen atoms in total. The van der Waals surface area contributed by atoms with E-state index in [9.17, 15) is 8.78 Å². The number of aromatic nitrogens is 3. The van der Waals surface area contributed by atoms with Gasteiger partial charge in [0.2, 0.25) is 0 Å². The second-order valence-corrected chi connectivity index (χ2v) is 3.96. The number of allylic oxidation sites excluding steroid dienone is 4. The van der Waals surface area contributed by atoms with Crippen LogP contribution in [0.5, 0.6) is 0 Å². The third-order valence-electron chi connectivity index (χ3n) is 2.52. The van der Waals surface area contributed by atoms with E-state index in [-0.39, 0.29) is 5.82 Å². The molecule has 0 fully saturated rings. The zero-order chi connectivity index (χ0) is 15.2. The highest BCUT2D eigenvalue weighted by Crippen LogP contribution is 2.26. The van der Waals surface area contributed by atoms with Gasteiger partial charge in [0.05, 0.1) is 5.57 Å². The molecule has 2 aromatic heterocycles. The molecule has 0 radical (unpaired) electrons. The molecule has 0 aliphatic rings. The minimum absolute atomic E-state index is 0.112. The summed E-state index contributed by atoms with van der Waals surface area (Å²) < 4.78 is 27.0. The molecule has 6 heteroatoms. The van der Waals surface area contributed by atoms with Crippen molar-refractivity contribution in [2.45, 2.75) is 0 Å². The summed E-state index contributed by atoms with van der Waals surface area (Å²) in [7, 11) is 0. The van der Waals surface area contributed by atoms with Gasteiger partial charge in [-0.05, 0) is 24.3 Å². The Morgan fingerprint density at radius 2 is 1.86 bits per heavy atom. The minimum Gasteiger partial charge on any atom is -0.340 e. The maximum Gasteiger partial charge on any atom is 0.167 e. The SMILES string of the molecule is C=C/C(F)=C(\C(=C)F)c1nccc(Nc2ccncc2)n1. The molecule has 0 unspecified atom stereocenters. The number of nitrogens with zero attached hydrogens (tertiary/aromatic N) is 3. The van der Waals surface area contributed by atoms with Gasteiger partial charge in [0.15, 0.2) is 5.82 Å². The Kier molecular flexibility index (Phi) is 4.50. The molecule has 2 rings (SSSR count). The minimum atomic E-state index is -0.964. The van der Waals surface area contributed by atoms with Crippen molar-refractivity contribution in [2.24, 2.45) is 0 Å². The molecule has 0 aromatic carbocycles. The van der Waals surface area contributed by atoms with Gasteiger partial charge in [-0.2, -0.15) is 0 Å². The van der Waals surface area contributed by atoms with Crippen molar-refractivity contribution in [1.82, 2.24) is 15.0 Å². The van der Waals surface area contributed by atoms with Crippen LogP contribution in [-0.2, 0) is 0 Å². The monoisotopic (exact) mass is 286 g/mol. The summed E-state index contributed by atoms with van der Waals surface area (Å²) in [5.41, 5.74) is 0.326. The third-order valence-corrected chi connectivity index (χ3v) is 2.52. The van der Waals surface area contributed by atoms with E-state index in [0.29, 0.717) is 5.82 Å². The lowest BCUT2D eigenvalue weighted by Gasteiger charge is -2.08.